The van der Waals surface area contributed by atoms with Crippen molar-refractivity contribution in [2.75, 3.05) is 39.1 Å². The summed E-state index contributed by atoms with van der Waals surface area (Å²) >= 11 is 10.3. The van der Waals surface area contributed by atoms with E-state index in [1.54, 1.807) is 0 Å². The van der Waals surface area contributed by atoms with Gasteiger partial charge in [-0.2, -0.15) is 0 Å². The van der Waals surface area contributed by atoms with E-state index in [9.17, 15) is 0 Å². The zero-order valence-electron chi connectivity index (χ0n) is 13.1. The monoisotopic (exact) mass is 341 g/mol. The molecule has 0 heterocycles. The van der Waals surface area contributed by atoms with Crippen molar-refractivity contribution in [1.29, 1.82) is 0 Å². The van der Waals surface area contributed by atoms with Crippen molar-refractivity contribution in [2.45, 2.75) is 6.92 Å². The van der Waals surface area contributed by atoms with E-state index in [0.717, 1.165) is 24.5 Å². The minimum absolute atomic E-state index is 0.431. The van der Waals surface area contributed by atoms with Crippen molar-refractivity contribution in [3.8, 4) is 5.75 Å². The average molecular weight is 342 g/mol. The molecule has 1 aromatic rings. The molecular weight excluding hydrogens is 318 g/mol. The fourth-order valence-corrected chi connectivity index (χ4v) is 1.84. The van der Waals surface area contributed by atoms with E-state index in [-0.39, 0.29) is 0 Å². The van der Waals surface area contributed by atoms with Gasteiger partial charge in [0.15, 0.2) is 10.2 Å². The number of benzene rings is 1. The summed E-state index contributed by atoms with van der Waals surface area (Å²) in [5.41, 5.74) is 6.53. The lowest BCUT2D eigenvalue weighted by atomic mass is 10.3. The molecule has 0 aromatic heterocycles. The first-order valence-corrected chi connectivity index (χ1v) is 7.81. The molecule has 0 fully saturated rings. The summed E-state index contributed by atoms with van der Waals surface area (Å²) in [6.07, 6.45) is 0. The summed E-state index contributed by atoms with van der Waals surface area (Å²) in [5.74, 6) is 0.830. The van der Waals surface area contributed by atoms with Crippen LogP contribution in [0.2, 0.25) is 0 Å². The van der Waals surface area contributed by atoms with Crippen LogP contribution in [-0.4, -0.2) is 48.9 Å². The lowest BCUT2D eigenvalue weighted by Gasteiger charge is -2.15. The van der Waals surface area contributed by atoms with Crippen molar-refractivity contribution < 1.29 is 4.74 Å². The Labute approximate surface area is 142 Å². The summed E-state index contributed by atoms with van der Waals surface area (Å²) in [5, 5.41) is 7.04. The molecule has 0 bridgehead atoms. The number of ether oxygens (including phenoxy) is 1. The number of anilines is 1. The second-order valence-electron chi connectivity index (χ2n) is 4.72. The SMILES string of the molecule is CCOc1ccc(NC(=S)NNC(=S)NCCN(C)C)cc1. The van der Waals surface area contributed by atoms with Gasteiger partial charge in [-0.15, -0.1) is 0 Å². The summed E-state index contributed by atoms with van der Waals surface area (Å²) in [4.78, 5) is 2.07. The Morgan fingerprint density at radius 1 is 1.09 bits per heavy atom. The summed E-state index contributed by atoms with van der Waals surface area (Å²) in [7, 11) is 4.01. The maximum atomic E-state index is 5.38. The van der Waals surface area contributed by atoms with E-state index in [0.29, 0.717) is 16.8 Å². The molecule has 0 amide bonds. The topological polar surface area (TPSA) is 60.6 Å². The Morgan fingerprint density at radius 2 is 1.73 bits per heavy atom. The van der Waals surface area contributed by atoms with Crippen molar-refractivity contribution >= 4 is 40.3 Å². The maximum Gasteiger partial charge on any atom is 0.189 e. The van der Waals surface area contributed by atoms with Gasteiger partial charge in [-0.1, -0.05) is 0 Å². The van der Waals surface area contributed by atoms with E-state index < -0.39 is 0 Å². The van der Waals surface area contributed by atoms with Crippen LogP contribution in [0.1, 0.15) is 6.92 Å². The summed E-state index contributed by atoms with van der Waals surface area (Å²) < 4.78 is 5.38. The van der Waals surface area contributed by atoms with E-state index in [1.165, 1.54) is 0 Å². The van der Waals surface area contributed by atoms with Crippen molar-refractivity contribution in [3.05, 3.63) is 24.3 Å². The average Bonchev–Trinajstić information content (AvgIpc) is 2.47. The molecule has 0 radical (unpaired) electrons. The third-order valence-corrected chi connectivity index (χ3v) is 3.01. The van der Waals surface area contributed by atoms with Crippen LogP contribution in [0.4, 0.5) is 5.69 Å². The van der Waals surface area contributed by atoms with Crippen LogP contribution in [0, 0.1) is 0 Å². The first-order valence-electron chi connectivity index (χ1n) is 6.99. The van der Waals surface area contributed by atoms with Crippen LogP contribution >= 0.6 is 24.4 Å². The fraction of sp³-hybridized carbons (Fsp3) is 0.429. The van der Waals surface area contributed by atoms with Gasteiger partial charge >= 0.3 is 0 Å². The molecule has 122 valence electrons. The number of rotatable bonds is 6. The summed E-state index contributed by atoms with van der Waals surface area (Å²) in [6, 6.07) is 7.56. The number of thiocarbonyl (C=S) groups is 2. The van der Waals surface area contributed by atoms with Crippen LogP contribution < -0.4 is 26.2 Å². The highest BCUT2D eigenvalue weighted by Crippen LogP contribution is 2.15. The predicted octanol–water partition coefficient (Wildman–Crippen LogP) is 1.31. The Morgan fingerprint density at radius 3 is 2.32 bits per heavy atom. The number of likely N-dealkylation sites (N-methyl/N-ethyl adjacent to an activating group) is 1. The largest absolute Gasteiger partial charge is 0.494 e. The van der Waals surface area contributed by atoms with Gasteiger partial charge in [0.2, 0.25) is 0 Å². The number of hydrazine groups is 1. The molecule has 0 atom stereocenters. The molecule has 0 unspecified atom stereocenters. The smallest absolute Gasteiger partial charge is 0.189 e. The molecule has 0 saturated carbocycles. The molecular formula is C14H23N5OS2. The second kappa shape index (κ2) is 10.1. The molecule has 4 N–H and O–H groups in total. The lowest BCUT2D eigenvalue weighted by molar-refractivity contribution is 0.340. The van der Waals surface area contributed by atoms with Crippen molar-refractivity contribution in [1.82, 2.24) is 21.1 Å². The molecule has 1 rings (SSSR count). The highest BCUT2D eigenvalue weighted by atomic mass is 32.1. The van der Waals surface area contributed by atoms with E-state index in [2.05, 4.69) is 26.4 Å². The van der Waals surface area contributed by atoms with Gasteiger partial charge in [0.1, 0.15) is 5.75 Å². The maximum absolute atomic E-state index is 5.38. The molecule has 0 aliphatic rings. The Kier molecular flexibility index (Phi) is 8.49. The Balaban J connectivity index is 2.26. The van der Waals surface area contributed by atoms with Crippen LogP contribution in [0.5, 0.6) is 5.75 Å². The normalized spacial score (nSPS) is 10.0. The van der Waals surface area contributed by atoms with Gasteiger partial charge in [-0.3, -0.25) is 10.9 Å². The number of hydrogen-bond donors (Lipinski definition) is 4. The molecule has 0 aliphatic heterocycles. The van der Waals surface area contributed by atoms with Gasteiger partial charge in [-0.05, 0) is 69.7 Å². The fourth-order valence-electron chi connectivity index (χ4n) is 1.51. The van der Waals surface area contributed by atoms with Crippen molar-refractivity contribution in [2.24, 2.45) is 0 Å². The lowest BCUT2D eigenvalue weighted by Crippen LogP contribution is -2.49. The molecule has 6 nitrogen and oxygen atoms in total. The molecule has 8 heteroatoms. The summed E-state index contributed by atoms with van der Waals surface area (Å²) in [6.45, 7) is 4.26. The van der Waals surface area contributed by atoms with Crippen LogP contribution in [0.3, 0.4) is 0 Å². The third kappa shape index (κ3) is 7.96. The van der Waals surface area contributed by atoms with Gasteiger partial charge in [0.25, 0.3) is 0 Å². The van der Waals surface area contributed by atoms with Gasteiger partial charge in [0.05, 0.1) is 6.61 Å². The number of nitrogens with one attached hydrogen (secondary N) is 4. The van der Waals surface area contributed by atoms with E-state index in [1.807, 2.05) is 45.3 Å². The quantitative estimate of drug-likeness (QED) is 0.456. The Bertz CT molecular complexity index is 479. The van der Waals surface area contributed by atoms with Crippen LogP contribution in [0.25, 0.3) is 0 Å². The highest BCUT2D eigenvalue weighted by Gasteiger charge is 2.00. The van der Waals surface area contributed by atoms with Crippen LogP contribution in [-0.2, 0) is 0 Å². The highest BCUT2D eigenvalue weighted by molar-refractivity contribution is 7.80. The zero-order valence-corrected chi connectivity index (χ0v) is 14.7. The third-order valence-electron chi connectivity index (χ3n) is 2.56. The van der Waals surface area contributed by atoms with E-state index in [4.69, 9.17) is 29.2 Å². The Hall–Kier alpha value is -1.64. The molecule has 0 saturated heterocycles. The molecule has 22 heavy (non-hydrogen) atoms. The predicted molar refractivity (Wildman–Crippen MR) is 99.3 cm³/mol. The second-order valence-corrected chi connectivity index (χ2v) is 5.54. The minimum Gasteiger partial charge on any atom is -0.494 e. The zero-order chi connectivity index (χ0) is 16.4. The molecule has 0 spiro atoms. The molecule has 0 aliphatic carbocycles. The first-order chi connectivity index (χ1) is 10.5. The standard InChI is InChI=1S/C14H23N5OS2/c1-4-20-12-7-5-11(6-8-12)16-14(22)18-17-13(21)15-9-10-19(2)3/h5-8H,4,9-10H2,1-3H3,(H2,15,17,21)(H2,16,18,22). The molecule has 1 aromatic carbocycles. The minimum atomic E-state index is 0.431. The van der Waals surface area contributed by atoms with Gasteiger partial charge < -0.3 is 20.3 Å². The number of nitrogens with zero attached hydrogens (tertiary/aromatic N) is 1. The first kappa shape index (κ1) is 18.4. The van der Waals surface area contributed by atoms with Gasteiger partial charge in [-0.25, -0.2) is 0 Å². The van der Waals surface area contributed by atoms with Gasteiger partial charge in [0, 0.05) is 18.8 Å². The van der Waals surface area contributed by atoms with Crippen molar-refractivity contribution in [3.63, 3.8) is 0 Å². The van der Waals surface area contributed by atoms with Crippen LogP contribution in [0.15, 0.2) is 24.3 Å². The number of hydrogen-bond acceptors (Lipinski definition) is 4. The van der Waals surface area contributed by atoms with E-state index >= 15 is 0 Å².